The van der Waals surface area contributed by atoms with Gasteiger partial charge in [0.15, 0.2) is 0 Å². The van der Waals surface area contributed by atoms with E-state index in [1.165, 1.54) is 38.3 Å². The van der Waals surface area contributed by atoms with Crippen LogP contribution >= 0.6 is 0 Å². The fourth-order valence-electron chi connectivity index (χ4n) is 8.43. The van der Waals surface area contributed by atoms with Crippen LogP contribution in [0.25, 0.3) is 77.5 Å². The summed E-state index contributed by atoms with van der Waals surface area (Å²) in [6.07, 6.45) is 9.56. The zero-order chi connectivity index (χ0) is 39.1. The molecule has 4 aromatic heterocycles. The lowest BCUT2D eigenvalue weighted by Gasteiger charge is -2.26. The van der Waals surface area contributed by atoms with Crippen LogP contribution in [0.5, 0.6) is 0 Å². The molecule has 278 valence electrons. The van der Waals surface area contributed by atoms with Crippen LogP contribution in [0.1, 0.15) is 0 Å². The van der Waals surface area contributed by atoms with Gasteiger partial charge in [-0.3, -0.25) is 9.97 Å². The molecule has 59 heavy (non-hydrogen) atoms. The van der Waals surface area contributed by atoms with Crippen molar-refractivity contribution >= 4 is 49.8 Å². The number of anilines is 3. The second-order valence-electron chi connectivity index (χ2n) is 14.8. The van der Waals surface area contributed by atoms with E-state index in [1.807, 2.05) is 43.0 Å². The fourth-order valence-corrected chi connectivity index (χ4v) is 8.43. The number of hydrogen-bond acceptors (Lipinski definition) is 3. The fraction of sp³-hybridized carbons (Fsp3) is 0. The molecule has 4 heterocycles. The van der Waals surface area contributed by atoms with E-state index in [4.69, 9.17) is 0 Å². The SMILES string of the molecule is c1ccc(-n2ccc3cc4c5cc(-c6ccc(N(c7ccc(-c8ccncc8)cc7)c7ccc(-c8cccnc8)cc7)cc6)ccc5n(-c5ccccc5)c4cc32)cc1. The first-order valence-corrected chi connectivity index (χ1v) is 19.9. The number of aromatic nitrogens is 4. The summed E-state index contributed by atoms with van der Waals surface area (Å²) in [4.78, 5) is 10.9. The Morgan fingerprint density at radius 3 is 1.54 bits per heavy atom. The zero-order valence-electron chi connectivity index (χ0n) is 32.1. The third kappa shape index (κ3) is 6.22. The summed E-state index contributed by atoms with van der Waals surface area (Å²) in [6.45, 7) is 0. The quantitative estimate of drug-likeness (QED) is 0.155. The lowest BCUT2D eigenvalue weighted by Crippen LogP contribution is -2.09. The first-order chi connectivity index (χ1) is 29.2. The highest BCUT2D eigenvalue weighted by molar-refractivity contribution is 6.14. The van der Waals surface area contributed by atoms with Gasteiger partial charge >= 0.3 is 0 Å². The molecule has 11 rings (SSSR count). The van der Waals surface area contributed by atoms with Crippen LogP contribution in [-0.2, 0) is 0 Å². The van der Waals surface area contributed by atoms with E-state index in [0.29, 0.717) is 0 Å². The number of fused-ring (bicyclic) bond motifs is 4. The van der Waals surface area contributed by atoms with Gasteiger partial charge in [0, 0.05) is 75.6 Å². The maximum absolute atomic E-state index is 4.33. The first kappa shape index (κ1) is 34.2. The monoisotopic (exact) mass is 755 g/mol. The van der Waals surface area contributed by atoms with Crippen molar-refractivity contribution in [1.82, 2.24) is 19.1 Å². The van der Waals surface area contributed by atoms with Crippen LogP contribution in [0.2, 0.25) is 0 Å². The Hall–Kier alpha value is -8.02. The van der Waals surface area contributed by atoms with Crippen molar-refractivity contribution in [3.05, 3.63) is 225 Å². The molecule has 0 fully saturated rings. The minimum atomic E-state index is 1.07. The molecular formula is C54H37N5. The summed E-state index contributed by atoms with van der Waals surface area (Å²) < 4.78 is 4.68. The van der Waals surface area contributed by atoms with Gasteiger partial charge in [-0.05, 0) is 143 Å². The van der Waals surface area contributed by atoms with Crippen molar-refractivity contribution in [1.29, 1.82) is 0 Å². The third-order valence-corrected chi connectivity index (χ3v) is 11.3. The van der Waals surface area contributed by atoms with Crippen LogP contribution in [0.4, 0.5) is 17.1 Å². The van der Waals surface area contributed by atoms with Gasteiger partial charge in [0.2, 0.25) is 0 Å². The molecule has 0 radical (unpaired) electrons. The standard InChI is InChI=1S/C54H37N5/c1-3-9-45(10-4-1)57-33-29-43-35-51-50-34-42(19-26-52(50)59(54(51)36-53(43)57)46-11-5-2-6-12-46)39-15-22-48(23-16-39)58(47-20-13-38(14-21-47)41-27-31-55-32-28-41)49-24-17-40(18-25-49)44-8-7-30-56-37-44/h1-37H. The van der Waals surface area contributed by atoms with Crippen molar-refractivity contribution in [3.63, 3.8) is 0 Å². The highest BCUT2D eigenvalue weighted by Crippen LogP contribution is 2.40. The van der Waals surface area contributed by atoms with E-state index in [-0.39, 0.29) is 0 Å². The number of rotatable bonds is 8. The second kappa shape index (κ2) is 14.5. The highest BCUT2D eigenvalue weighted by Gasteiger charge is 2.18. The average Bonchev–Trinajstić information content (AvgIpc) is 3.88. The molecule has 0 atom stereocenters. The maximum Gasteiger partial charge on any atom is 0.0562 e. The summed E-state index contributed by atoms with van der Waals surface area (Å²) in [5.41, 5.74) is 15.9. The van der Waals surface area contributed by atoms with Gasteiger partial charge in [-0.1, -0.05) is 84.9 Å². The lowest BCUT2D eigenvalue weighted by atomic mass is 10.0. The molecule has 0 bridgehead atoms. The van der Waals surface area contributed by atoms with Gasteiger partial charge in [-0.15, -0.1) is 0 Å². The Labute approximate surface area is 342 Å². The van der Waals surface area contributed by atoms with E-state index in [0.717, 1.165) is 56.3 Å². The lowest BCUT2D eigenvalue weighted by molar-refractivity contribution is 1.12. The predicted octanol–water partition coefficient (Wildman–Crippen LogP) is 14.0. The van der Waals surface area contributed by atoms with E-state index < -0.39 is 0 Å². The molecule has 0 N–H and O–H groups in total. The van der Waals surface area contributed by atoms with Crippen LogP contribution in [0, 0.1) is 0 Å². The smallest absolute Gasteiger partial charge is 0.0562 e. The maximum atomic E-state index is 4.33. The van der Waals surface area contributed by atoms with Crippen molar-refractivity contribution in [2.45, 2.75) is 0 Å². The Bertz CT molecular complexity index is 3130. The van der Waals surface area contributed by atoms with Crippen LogP contribution in [0.3, 0.4) is 0 Å². The number of pyridine rings is 2. The summed E-state index contributed by atoms with van der Waals surface area (Å²) >= 11 is 0. The van der Waals surface area contributed by atoms with E-state index >= 15 is 0 Å². The molecule has 0 unspecified atom stereocenters. The first-order valence-electron chi connectivity index (χ1n) is 19.9. The number of benzene rings is 7. The van der Waals surface area contributed by atoms with Crippen molar-refractivity contribution < 1.29 is 0 Å². The molecule has 0 spiro atoms. The second-order valence-corrected chi connectivity index (χ2v) is 14.8. The van der Waals surface area contributed by atoms with Gasteiger partial charge in [0.25, 0.3) is 0 Å². The molecule has 5 nitrogen and oxygen atoms in total. The van der Waals surface area contributed by atoms with Crippen LogP contribution in [0.15, 0.2) is 225 Å². The Morgan fingerprint density at radius 2 is 0.915 bits per heavy atom. The normalized spacial score (nSPS) is 11.4. The molecule has 0 saturated carbocycles. The van der Waals surface area contributed by atoms with Crippen molar-refractivity contribution in [2.24, 2.45) is 0 Å². The van der Waals surface area contributed by atoms with Gasteiger partial charge in [0.1, 0.15) is 0 Å². The molecular weight excluding hydrogens is 719 g/mol. The van der Waals surface area contributed by atoms with Gasteiger partial charge < -0.3 is 14.0 Å². The molecule has 11 aromatic rings. The zero-order valence-corrected chi connectivity index (χ0v) is 32.1. The minimum absolute atomic E-state index is 1.07. The van der Waals surface area contributed by atoms with Gasteiger partial charge in [0.05, 0.1) is 16.6 Å². The summed E-state index contributed by atoms with van der Waals surface area (Å²) in [6, 6.07) is 69.7. The van der Waals surface area contributed by atoms with E-state index in [1.54, 1.807) is 0 Å². The number of hydrogen-bond donors (Lipinski definition) is 0. The van der Waals surface area contributed by atoms with Crippen molar-refractivity contribution in [3.8, 4) is 44.8 Å². The third-order valence-electron chi connectivity index (χ3n) is 11.3. The molecule has 0 saturated heterocycles. The average molecular weight is 756 g/mol. The van der Waals surface area contributed by atoms with Crippen LogP contribution in [-0.4, -0.2) is 19.1 Å². The molecule has 5 heteroatoms. The molecule has 0 aliphatic carbocycles. The number of nitrogens with zero attached hydrogens (tertiary/aromatic N) is 5. The summed E-state index contributed by atoms with van der Waals surface area (Å²) in [5.74, 6) is 0. The molecule has 7 aromatic carbocycles. The summed E-state index contributed by atoms with van der Waals surface area (Å²) in [5, 5.41) is 3.67. The molecule has 0 amide bonds. The largest absolute Gasteiger partial charge is 0.316 e. The number of para-hydroxylation sites is 2. The van der Waals surface area contributed by atoms with Crippen LogP contribution < -0.4 is 4.90 Å². The van der Waals surface area contributed by atoms with E-state index in [2.05, 4.69) is 206 Å². The topological polar surface area (TPSA) is 38.9 Å². The molecule has 0 aliphatic heterocycles. The molecule has 0 aliphatic rings. The minimum Gasteiger partial charge on any atom is -0.316 e. The van der Waals surface area contributed by atoms with Crippen molar-refractivity contribution in [2.75, 3.05) is 4.90 Å². The highest BCUT2D eigenvalue weighted by atomic mass is 15.1. The predicted molar refractivity (Wildman–Crippen MR) is 244 cm³/mol. The van der Waals surface area contributed by atoms with E-state index in [9.17, 15) is 0 Å². The van der Waals surface area contributed by atoms with Gasteiger partial charge in [-0.2, -0.15) is 0 Å². The summed E-state index contributed by atoms with van der Waals surface area (Å²) in [7, 11) is 0. The Kier molecular flexibility index (Phi) is 8.41. The Morgan fingerprint density at radius 1 is 0.356 bits per heavy atom. The Balaban J connectivity index is 1.00. The van der Waals surface area contributed by atoms with Gasteiger partial charge in [-0.25, -0.2) is 0 Å².